The number of pyridine rings is 2. The molecule has 6 heterocycles. The number of fused-ring (bicyclic) bond motifs is 2. The van der Waals surface area contributed by atoms with E-state index in [1.54, 1.807) is 17.0 Å². The van der Waals surface area contributed by atoms with E-state index < -0.39 is 0 Å². The van der Waals surface area contributed by atoms with Crippen LogP contribution >= 0.6 is 0 Å². The van der Waals surface area contributed by atoms with E-state index in [0.717, 1.165) is 91.1 Å². The highest BCUT2D eigenvalue weighted by Crippen LogP contribution is 2.40. The van der Waals surface area contributed by atoms with E-state index in [4.69, 9.17) is 4.74 Å². The summed E-state index contributed by atoms with van der Waals surface area (Å²) in [4.78, 5) is 14.6. The lowest BCUT2D eigenvalue weighted by Gasteiger charge is -2.36. The Bertz CT molecular complexity index is 1430. The van der Waals surface area contributed by atoms with Gasteiger partial charge >= 0.3 is 0 Å². The zero-order valence-electron chi connectivity index (χ0n) is 22.1. The van der Waals surface area contributed by atoms with E-state index in [1.807, 2.05) is 6.20 Å². The van der Waals surface area contributed by atoms with Crippen LogP contribution in [0.4, 0.5) is 10.2 Å². The number of hydrogen-bond donors (Lipinski definition) is 2. The molecule has 37 heavy (non-hydrogen) atoms. The highest BCUT2D eigenvalue weighted by atomic mass is 19.1. The number of aromatic nitrogens is 5. The molecule has 196 valence electrons. The van der Waals surface area contributed by atoms with Crippen LogP contribution in [-0.2, 0) is 4.74 Å². The lowest BCUT2D eigenvalue weighted by atomic mass is 9.94. The highest BCUT2D eigenvalue weighted by Gasteiger charge is 2.28. The number of rotatable bonds is 5. The topological polar surface area (TPSA) is 83.4 Å². The Hall–Kier alpha value is -3.04. The van der Waals surface area contributed by atoms with Gasteiger partial charge in [0, 0.05) is 55.5 Å². The molecule has 2 aliphatic rings. The Morgan fingerprint density at radius 1 is 1.05 bits per heavy atom. The number of ether oxygens (including phenoxy) is 1. The van der Waals surface area contributed by atoms with Crippen LogP contribution in [0.25, 0.3) is 27.8 Å². The minimum atomic E-state index is -0.226. The van der Waals surface area contributed by atoms with Gasteiger partial charge < -0.3 is 19.9 Å². The lowest BCUT2D eigenvalue weighted by molar-refractivity contribution is 0.0738. The Labute approximate surface area is 216 Å². The highest BCUT2D eigenvalue weighted by molar-refractivity contribution is 5.94. The maximum absolute atomic E-state index is 16.3. The Morgan fingerprint density at radius 2 is 1.78 bits per heavy atom. The quantitative estimate of drug-likeness (QED) is 0.402. The molecule has 0 spiro atoms. The predicted octanol–water partition coefficient (Wildman–Crippen LogP) is 4.89. The fraction of sp³-hybridized carbons (Fsp3) is 0.536. The van der Waals surface area contributed by atoms with Gasteiger partial charge in [-0.05, 0) is 62.1 Å². The van der Waals surface area contributed by atoms with Gasteiger partial charge in [-0.2, -0.15) is 5.10 Å². The van der Waals surface area contributed by atoms with E-state index in [-0.39, 0.29) is 11.7 Å². The van der Waals surface area contributed by atoms with E-state index >= 15 is 4.39 Å². The molecule has 0 bridgehead atoms. The summed E-state index contributed by atoms with van der Waals surface area (Å²) in [6.07, 6.45) is 9.48. The number of aryl methyl sites for hydroxylation is 1. The molecule has 0 saturated carbocycles. The van der Waals surface area contributed by atoms with Crippen molar-refractivity contribution in [2.75, 3.05) is 31.2 Å². The molecule has 9 heteroatoms. The molecule has 2 saturated heterocycles. The molecule has 0 aromatic carbocycles. The number of nitrogens with one attached hydrogen (secondary N) is 2. The van der Waals surface area contributed by atoms with Gasteiger partial charge in [0.25, 0.3) is 0 Å². The van der Waals surface area contributed by atoms with E-state index in [1.165, 1.54) is 0 Å². The normalized spacial score (nSPS) is 18.1. The summed E-state index contributed by atoms with van der Waals surface area (Å²) in [5.41, 5.74) is 6.67. The molecular formula is C28H36FN7O. The summed E-state index contributed by atoms with van der Waals surface area (Å²) in [5, 5.41) is 8.81. The summed E-state index contributed by atoms with van der Waals surface area (Å²) >= 11 is 0. The fourth-order valence-corrected chi connectivity index (χ4v) is 6.08. The minimum Gasteiger partial charge on any atom is -0.381 e. The Kier molecular flexibility index (Phi) is 6.36. The van der Waals surface area contributed by atoms with Crippen LogP contribution < -0.4 is 10.2 Å². The van der Waals surface area contributed by atoms with Crippen LogP contribution in [0.5, 0.6) is 0 Å². The Balaban J connectivity index is 1.33. The second-order valence-corrected chi connectivity index (χ2v) is 10.9. The summed E-state index contributed by atoms with van der Waals surface area (Å²) in [6, 6.07) is 1.00. The summed E-state index contributed by atoms with van der Waals surface area (Å²) in [7, 11) is 0. The fourth-order valence-electron chi connectivity index (χ4n) is 6.08. The second-order valence-electron chi connectivity index (χ2n) is 10.9. The first-order valence-corrected chi connectivity index (χ1v) is 13.5. The SMILES string of the molecule is Cc1c(-c2[nH]c3cnc(N4CCC(NC5CCOCC5)CC4)c(F)c3c2C(C)C)cn2ncnc2c1C. The van der Waals surface area contributed by atoms with Crippen molar-refractivity contribution < 1.29 is 9.13 Å². The first-order valence-electron chi connectivity index (χ1n) is 13.5. The van der Waals surface area contributed by atoms with Crippen molar-refractivity contribution in [3.05, 3.63) is 41.2 Å². The Morgan fingerprint density at radius 3 is 2.51 bits per heavy atom. The van der Waals surface area contributed by atoms with Crippen LogP contribution in [0.1, 0.15) is 62.1 Å². The molecule has 4 aromatic rings. The number of aromatic amines is 1. The molecule has 0 atom stereocenters. The van der Waals surface area contributed by atoms with Crippen LogP contribution in [0.15, 0.2) is 18.7 Å². The molecule has 2 aliphatic heterocycles. The molecule has 0 radical (unpaired) electrons. The second kappa shape index (κ2) is 9.68. The first-order chi connectivity index (χ1) is 17.9. The maximum atomic E-state index is 16.3. The van der Waals surface area contributed by atoms with E-state index in [2.05, 4.69) is 58.0 Å². The number of hydrogen-bond acceptors (Lipinski definition) is 6. The third kappa shape index (κ3) is 4.28. The zero-order valence-corrected chi connectivity index (χ0v) is 22.1. The molecule has 8 nitrogen and oxygen atoms in total. The van der Waals surface area contributed by atoms with Crippen molar-refractivity contribution in [3.63, 3.8) is 0 Å². The van der Waals surface area contributed by atoms with Gasteiger partial charge in [0.15, 0.2) is 17.3 Å². The van der Waals surface area contributed by atoms with Crippen molar-refractivity contribution >= 4 is 22.4 Å². The molecule has 0 aliphatic carbocycles. The van der Waals surface area contributed by atoms with Crippen molar-refractivity contribution in [1.29, 1.82) is 0 Å². The summed E-state index contributed by atoms with van der Waals surface area (Å²) < 4.78 is 23.6. The van der Waals surface area contributed by atoms with Gasteiger partial charge in [0.05, 0.1) is 17.4 Å². The summed E-state index contributed by atoms with van der Waals surface area (Å²) in [5.74, 6) is 0.355. The molecule has 6 rings (SSSR count). The van der Waals surface area contributed by atoms with Gasteiger partial charge in [0.1, 0.15) is 6.33 Å². The van der Waals surface area contributed by atoms with Crippen molar-refractivity contribution in [3.8, 4) is 11.3 Å². The van der Waals surface area contributed by atoms with E-state index in [9.17, 15) is 0 Å². The minimum absolute atomic E-state index is 0.119. The average molecular weight is 506 g/mol. The first kappa shape index (κ1) is 24.3. The van der Waals surface area contributed by atoms with Gasteiger partial charge in [0.2, 0.25) is 0 Å². The van der Waals surface area contributed by atoms with Crippen molar-refractivity contribution in [1.82, 2.24) is 29.9 Å². The lowest BCUT2D eigenvalue weighted by Crippen LogP contribution is -2.48. The summed E-state index contributed by atoms with van der Waals surface area (Å²) in [6.45, 7) is 11.7. The standard InChI is InChI=1S/C28H36FN7O/c1-16(2)23-24-22(34-26(23)21-14-36-27(31-15-32-36)18(4)17(21)3)13-30-28(25(24)29)35-9-5-19(6-10-35)33-20-7-11-37-12-8-20/h13-16,19-20,33-34H,5-12H2,1-4H3. The predicted molar refractivity (Wildman–Crippen MR) is 144 cm³/mol. The molecule has 0 amide bonds. The molecule has 4 aromatic heterocycles. The molecule has 2 fully saturated rings. The monoisotopic (exact) mass is 505 g/mol. The van der Waals surface area contributed by atoms with Gasteiger partial charge in [-0.3, -0.25) is 0 Å². The maximum Gasteiger partial charge on any atom is 0.175 e. The molecule has 0 unspecified atom stereocenters. The number of halogens is 1. The van der Waals surface area contributed by atoms with Gasteiger partial charge in [-0.1, -0.05) is 13.8 Å². The number of H-pyrrole nitrogens is 1. The van der Waals surface area contributed by atoms with Crippen molar-refractivity contribution in [2.45, 2.75) is 71.4 Å². The number of anilines is 1. The van der Waals surface area contributed by atoms with Crippen LogP contribution in [0, 0.1) is 19.7 Å². The number of piperidine rings is 1. The third-order valence-electron chi connectivity index (χ3n) is 8.26. The van der Waals surface area contributed by atoms with Crippen LogP contribution in [0.3, 0.4) is 0 Å². The van der Waals surface area contributed by atoms with Crippen LogP contribution in [-0.4, -0.2) is 63.0 Å². The van der Waals surface area contributed by atoms with Crippen LogP contribution in [0.2, 0.25) is 0 Å². The molecule has 2 N–H and O–H groups in total. The van der Waals surface area contributed by atoms with Gasteiger partial charge in [-0.25, -0.2) is 18.9 Å². The number of nitrogens with zero attached hydrogens (tertiary/aromatic N) is 5. The smallest absolute Gasteiger partial charge is 0.175 e. The van der Waals surface area contributed by atoms with Gasteiger partial charge in [-0.15, -0.1) is 0 Å². The van der Waals surface area contributed by atoms with E-state index in [0.29, 0.717) is 23.3 Å². The average Bonchev–Trinajstić information content (AvgIpc) is 3.53. The zero-order chi connectivity index (χ0) is 25.7. The largest absolute Gasteiger partial charge is 0.381 e. The molecular weight excluding hydrogens is 469 g/mol. The van der Waals surface area contributed by atoms with Crippen molar-refractivity contribution in [2.24, 2.45) is 0 Å². The third-order valence-corrected chi connectivity index (χ3v) is 8.26.